The molecule has 5 nitrogen and oxygen atoms in total. The van der Waals surface area contributed by atoms with Crippen molar-refractivity contribution in [1.82, 2.24) is 9.80 Å². The maximum absolute atomic E-state index is 11.5. The third kappa shape index (κ3) is 3.36. The zero-order valence-corrected chi connectivity index (χ0v) is 12.9. The highest BCUT2D eigenvalue weighted by Crippen LogP contribution is 2.20. The molecule has 2 saturated heterocycles. The van der Waals surface area contributed by atoms with Crippen molar-refractivity contribution < 1.29 is 12.8 Å². The van der Waals surface area contributed by atoms with Crippen molar-refractivity contribution in [1.29, 1.82) is 0 Å². The molecule has 0 radical (unpaired) electrons. The van der Waals surface area contributed by atoms with E-state index in [1.807, 2.05) is 6.07 Å². The summed E-state index contributed by atoms with van der Waals surface area (Å²) < 4.78 is 28.4. The average molecular weight is 319 g/mol. The Labute approximate surface area is 124 Å². The summed E-state index contributed by atoms with van der Waals surface area (Å²) >= 11 is 5.76. The number of rotatable bonds is 3. The van der Waals surface area contributed by atoms with Crippen molar-refractivity contribution in [2.75, 3.05) is 37.7 Å². The molecule has 0 aromatic carbocycles. The van der Waals surface area contributed by atoms with Crippen LogP contribution in [-0.2, 0) is 16.4 Å². The summed E-state index contributed by atoms with van der Waals surface area (Å²) in [6.45, 7) is 4.50. The lowest BCUT2D eigenvalue weighted by molar-refractivity contribution is 0.0955. The van der Waals surface area contributed by atoms with E-state index in [-0.39, 0.29) is 6.04 Å². The molecule has 0 amide bonds. The fourth-order valence-corrected chi connectivity index (χ4v) is 4.93. The predicted molar refractivity (Wildman–Crippen MR) is 77.6 cm³/mol. The minimum absolute atomic E-state index is 0.222. The van der Waals surface area contributed by atoms with Gasteiger partial charge in [0.2, 0.25) is 0 Å². The number of hydrogen-bond acceptors (Lipinski definition) is 5. The topological polar surface area (TPSA) is 53.8 Å². The van der Waals surface area contributed by atoms with Crippen LogP contribution in [0.1, 0.15) is 12.2 Å². The first-order valence-electron chi connectivity index (χ1n) is 6.93. The molecular formula is C13H19ClN2O3S. The molecule has 0 N–H and O–H groups in total. The van der Waals surface area contributed by atoms with E-state index in [0.717, 1.165) is 44.9 Å². The molecule has 1 unspecified atom stereocenters. The first kappa shape index (κ1) is 14.4. The standard InChI is InChI=1S/C13H19ClN2O3S/c14-13-2-1-12(19-13)9-15-4-6-16(7-5-15)11-3-8-20(17,18)10-11/h1-2,11H,3-10H2. The van der Waals surface area contributed by atoms with E-state index in [0.29, 0.717) is 16.7 Å². The summed E-state index contributed by atoms with van der Waals surface area (Å²) in [4.78, 5) is 4.63. The van der Waals surface area contributed by atoms with Crippen LogP contribution in [-0.4, -0.2) is 61.9 Å². The maximum Gasteiger partial charge on any atom is 0.193 e. The molecule has 1 aromatic rings. The van der Waals surface area contributed by atoms with Crippen LogP contribution in [0.5, 0.6) is 0 Å². The van der Waals surface area contributed by atoms with Crippen molar-refractivity contribution in [2.24, 2.45) is 0 Å². The van der Waals surface area contributed by atoms with Gasteiger partial charge in [0.1, 0.15) is 5.76 Å². The molecule has 0 bridgehead atoms. The van der Waals surface area contributed by atoms with Gasteiger partial charge in [-0.3, -0.25) is 9.80 Å². The van der Waals surface area contributed by atoms with Crippen LogP contribution in [0.25, 0.3) is 0 Å². The largest absolute Gasteiger partial charge is 0.448 e. The van der Waals surface area contributed by atoms with Gasteiger partial charge in [0.15, 0.2) is 15.1 Å². The van der Waals surface area contributed by atoms with E-state index in [9.17, 15) is 8.42 Å². The van der Waals surface area contributed by atoms with Crippen molar-refractivity contribution >= 4 is 21.4 Å². The zero-order chi connectivity index (χ0) is 14.2. The molecule has 1 atom stereocenters. The lowest BCUT2D eigenvalue weighted by Gasteiger charge is -2.37. The Kier molecular flexibility index (Phi) is 4.08. The van der Waals surface area contributed by atoms with Crippen molar-refractivity contribution in [3.63, 3.8) is 0 Å². The number of nitrogens with zero attached hydrogens (tertiary/aromatic N) is 2. The number of halogens is 1. The third-order valence-electron chi connectivity index (χ3n) is 4.14. The number of piperazine rings is 1. The van der Waals surface area contributed by atoms with Gasteiger partial charge < -0.3 is 4.42 Å². The molecule has 0 spiro atoms. The lowest BCUT2D eigenvalue weighted by Crippen LogP contribution is -2.50. The molecule has 3 rings (SSSR count). The SMILES string of the molecule is O=S1(=O)CCC(N2CCN(Cc3ccc(Cl)o3)CC2)C1. The first-order valence-corrected chi connectivity index (χ1v) is 9.13. The van der Waals surface area contributed by atoms with Crippen LogP contribution in [0.4, 0.5) is 0 Å². The third-order valence-corrected chi connectivity index (χ3v) is 6.09. The zero-order valence-electron chi connectivity index (χ0n) is 11.3. The van der Waals surface area contributed by atoms with Crippen LogP contribution in [0.15, 0.2) is 16.5 Å². The smallest absolute Gasteiger partial charge is 0.193 e. The average Bonchev–Trinajstić information content (AvgIpc) is 2.96. The minimum atomic E-state index is -2.79. The van der Waals surface area contributed by atoms with Crippen molar-refractivity contribution in [3.05, 3.63) is 23.1 Å². The van der Waals surface area contributed by atoms with E-state index in [1.54, 1.807) is 6.07 Å². The highest BCUT2D eigenvalue weighted by atomic mass is 35.5. The van der Waals surface area contributed by atoms with Crippen molar-refractivity contribution in [2.45, 2.75) is 19.0 Å². The Balaban J connectivity index is 1.50. The second-order valence-corrected chi connectivity index (χ2v) is 8.18. The summed E-state index contributed by atoms with van der Waals surface area (Å²) in [5.74, 6) is 1.57. The van der Waals surface area contributed by atoms with E-state index in [2.05, 4.69) is 9.80 Å². The normalized spacial score (nSPS) is 27.9. The summed E-state index contributed by atoms with van der Waals surface area (Å²) in [6, 6.07) is 3.88. The summed E-state index contributed by atoms with van der Waals surface area (Å²) in [7, 11) is -2.79. The second kappa shape index (κ2) is 5.67. The fourth-order valence-electron chi connectivity index (χ4n) is 3.01. The molecule has 0 aliphatic carbocycles. The Morgan fingerprint density at radius 3 is 2.55 bits per heavy atom. The van der Waals surface area contributed by atoms with Crippen LogP contribution in [0.2, 0.25) is 5.22 Å². The highest BCUT2D eigenvalue weighted by Gasteiger charge is 2.33. The molecule has 112 valence electrons. The summed E-state index contributed by atoms with van der Waals surface area (Å²) in [6.07, 6.45) is 0.788. The Bertz CT molecular complexity index is 564. The minimum Gasteiger partial charge on any atom is -0.448 e. The summed E-state index contributed by atoms with van der Waals surface area (Å²) in [5.41, 5.74) is 0. The lowest BCUT2D eigenvalue weighted by atomic mass is 10.2. The van der Waals surface area contributed by atoms with Gasteiger partial charge in [0.05, 0.1) is 18.1 Å². The van der Waals surface area contributed by atoms with Crippen LogP contribution in [0, 0.1) is 0 Å². The van der Waals surface area contributed by atoms with Gasteiger partial charge in [-0.1, -0.05) is 0 Å². The van der Waals surface area contributed by atoms with Gasteiger partial charge in [0, 0.05) is 32.2 Å². The van der Waals surface area contributed by atoms with E-state index in [4.69, 9.17) is 16.0 Å². The monoisotopic (exact) mass is 318 g/mol. The van der Waals surface area contributed by atoms with Crippen LogP contribution in [0.3, 0.4) is 0 Å². The van der Waals surface area contributed by atoms with Gasteiger partial charge in [-0.15, -0.1) is 0 Å². The van der Waals surface area contributed by atoms with E-state index < -0.39 is 9.84 Å². The van der Waals surface area contributed by atoms with Gasteiger partial charge in [0.25, 0.3) is 0 Å². The molecule has 0 saturated carbocycles. The molecule has 3 heterocycles. The molecule has 1 aromatic heterocycles. The molecule has 2 aliphatic heterocycles. The highest BCUT2D eigenvalue weighted by molar-refractivity contribution is 7.91. The van der Waals surface area contributed by atoms with Crippen molar-refractivity contribution in [3.8, 4) is 0 Å². The second-order valence-electron chi connectivity index (χ2n) is 5.57. The molecule has 2 fully saturated rings. The first-order chi connectivity index (χ1) is 9.52. The Morgan fingerprint density at radius 2 is 2.00 bits per heavy atom. The van der Waals surface area contributed by atoms with E-state index >= 15 is 0 Å². The van der Waals surface area contributed by atoms with Gasteiger partial charge in [-0.2, -0.15) is 0 Å². The van der Waals surface area contributed by atoms with Gasteiger partial charge >= 0.3 is 0 Å². The fraction of sp³-hybridized carbons (Fsp3) is 0.692. The molecule has 7 heteroatoms. The quantitative estimate of drug-likeness (QED) is 0.839. The number of sulfone groups is 1. The molecule has 20 heavy (non-hydrogen) atoms. The molecular weight excluding hydrogens is 300 g/mol. The van der Waals surface area contributed by atoms with E-state index in [1.165, 1.54) is 0 Å². The van der Waals surface area contributed by atoms with Crippen LogP contribution < -0.4 is 0 Å². The molecule has 2 aliphatic rings. The number of hydrogen-bond donors (Lipinski definition) is 0. The van der Waals surface area contributed by atoms with Gasteiger partial charge in [-0.05, 0) is 30.2 Å². The van der Waals surface area contributed by atoms with Crippen LogP contribution >= 0.6 is 11.6 Å². The van der Waals surface area contributed by atoms with Gasteiger partial charge in [-0.25, -0.2) is 8.42 Å². The Morgan fingerprint density at radius 1 is 1.25 bits per heavy atom. The Hall–Kier alpha value is -0.560. The maximum atomic E-state index is 11.5. The summed E-state index contributed by atoms with van der Waals surface area (Å²) in [5, 5.41) is 0.426. The number of furan rings is 1. The predicted octanol–water partition coefficient (Wildman–Crippen LogP) is 1.24.